The molecule has 0 aliphatic carbocycles. The Hall–Kier alpha value is -2.87. The van der Waals surface area contributed by atoms with Gasteiger partial charge in [0.25, 0.3) is 0 Å². The predicted octanol–water partition coefficient (Wildman–Crippen LogP) is 1.64. The second kappa shape index (κ2) is 5.97. The van der Waals surface area contributed by atoms with Gasteiger partial charge in [-0.1, -0.05) is 0 Å². The molecule has 0 atom stereocenters. The van der Waals surface area contributed by atoms with Gasteiger partial charge in [0.1, 0.15) is 5.75 Å². The summed E-state index contributed by atoms with van der Waals surface area (Å²) < 4.78 is 29.7. The summed E-state index contributed by atoms with van der Waals surface area (Å²) in [7, 11) is -1.71. The van der Waals surface area contributed by atoms with E-state index in [0.29, 0.717) is 17.3 Å². The minimum Gasteiger partial charge on any atom is -0.497 e. The molecule has 0 saturated carbocycles. The molecule has 8 heteroatoms. The largest absolute Gasteiger partial charge is 0.497 e. The molecule has 0 amide bonds. The van der Waals surface area contributed by atoms with Gasteiger partial charge in [-0.2, -0.15) is 4.98 Å². The highest BCUT2D eigenvalue weighted by Crippen LogP contribution is 2.22. The topological polar surface area (TPSA) is 94.0 Å². The van der Waals surface area contributed by atoms with Gasteiger partial charge in [-0.25, -0.2) is 23.0 Å². The molecule has 3 rings (SSSR count). The van der Waals surface area contributed by atoms with Crippen LogP contribution in [0.3, 0.4) is 0 Å². The molecule has 7 nitrogen and oxygen atoms in total. The van der Waals surface area contributed by atoms with Crippen molar-refractivity contribution >= 4 is 9.84 Å². The summed E-state index contributed by atoms with van der Waals surface area (Å²) >= 11 is 0. The van der Waals surface area contributed by atoms with Crippen LogP contribution in [-0.2, 0) is 9.84 Å². The SMILES string of the molecule is COc1ccc(-c2nc(=O)[nH]n2-c2ccc(S(C)(=O)=O)cc2)cc1. The molecule has 0 radical (unpaired) electrons. The number of methoxy groups -OCH3 is 1. The second-order valence-corrected chi connectivity index (χ2v) is 7.20. The fourth-order valence-electron chi connectivity index (χ4n) is 2.28. The first-order chi connectivity index (χ1) is 11.4. The molecule has 3 aromatic rings. The van der Waals surface area contributed by atoms with Gasteiger partial charge in [0.2, 0.25) is 0 Å². The van der Waals surface area contributed by atoms with E-state index in [1.807, 2.05) is 0 Å². The third-order valence-electron chi connectivity index (χ3n) is 3.50. The predicted molar refractivity (Wildman–Crippen MR) is 89.3 cm³/mol. The summed E-state index contributed by atoms with van der Waals surface area (Å²) in [6.45, 7) is 0. The molecule has 24 heavy (non-hydrogen) atoms. The fraction of sp³-hybridized carbons (Fsp3) is 0.125. The summed E-state index contributed by atoms with van der Waals surface area (Å²) in [5.41, 5.74) is 0.831. The lowest BCUT2D eigenvalue weighted by Crippen LogP contribution is -2.05. The van der Waals surface area contributed by atoms with E-state index in [2.05, 4.69) is 10.1 Å². The van der Waals surface area contributed by atoms with Gasteiger partial charge in [-0.3, -0.25) is 0 Å². The zero-order valence-electron chi connectivity index (χ0n) is 13.1. The quantitative estimate of drug-likeness (QED) is 0.776. The third-order valence-corrected chi connectivity index (χ3v) is 4.63. The minimum absolute atomic E-state index is 0.208. The Balaban J connectivity index is 2.07. The van der Waals surface area contributed by atoms with Crippen LogP contribution in [0.2, 0.25) is 0 Å². The Kier molecular flexibility index (Phi) is 3.98. The maximum atomic E-state index is 11.7. The van der Waals surface area contributed by atoms with Crippen LogP contribution in [0.25, 0.3) is 17.1 Å². The average molecular weight is 345 g/mol. The molecule has 124 valence electrons. The lowest BCUT2D eigenvalue weighted by atomic mass is 10.2. The van der Waals surface area contributed by atoms with Crippen LogP contribution in [0.15, 0.2) is 58.2 Å². The zero-order chi connectivity index (χ0) is 17.3. The normalized spacial score (nSPS) is 11.4. The number of aromatic amines is 1. The van der Waals surface area contributed by atoms with Gasteiger partial charge in [0, 0.05) is 11.8 Å². The van der Waals surface area contributed by atoms with Crippen molar-refractivity contribution in [1.29, 1.82) is 0 Å². The summed E-state index contributed by atoms with van der Waals surface area (Å²) in [5, 5.41) is 2.62. The molecular formula is C16H15N3O4S. The summed E-state index contributed by atoms with van der Waals surface area (Å²) in [5.74, 6) is 1.12. The first-order valence-corrected chi connectivity index (χ1v) is 8.91. The Morgan fingerprint density at radius 1 is 1.04 bits per heavy atom. The van der Waals surface area contributed by atoms with E-state index in [9.17, 15) is 13.2 Å². The molecule has 2 aromatic carbocycles. The van der Waals surface area contributed by atoms with E-state index in [-0.39, 0.29) is 4.90 Å². The Labute approximate surface area is 138 Å². The van der Waals surface area contributed by atoms with Crippen LogP contribution in [-0.4, -0.2) is 36.5 Å². The fourth-order valence-corrected chi connectivity index (χ4v) is 2.91. The van der Waals surface area contributed by atoms with Crippen molar-refractivity contribution in [1.82, 2.24) is 14.8 Å². The molecule has 0 unspecified atom stereocenters. The first kappa shape index (κ1) is 16.0. The van der Waals surface area contributed by atoms with Crippen molar-refractivity contribution < 1.29 is 13.2 Å². The number of ether oxygens (including phenoxy) is 1. The molecular weight excluding hydrogens is 330 g/mol. The number of aromatic nitrogens is 3. The Morgan fingerprint density at radius 3 is 2.21 bits per heavy atom. The van der Waals surface area contributed by atoms with Gasteiger partial charge in [0.15, 0.2) is 15.7 Å². The summed E-state index contributed by atoms with van der Waals surface area (Å²) in [6, 6.07) is 13.3. The number of hydrogen-bond donors (Lipinski definition) is 1. The lowest BCUT2D eigenvalue weighted by molar-refractivity contribution is 0.415. The number of H-pyrrole nitrogens is 1. The average Bonchev–Trinajstić information content (AvgIpc) is 2.96. The molecule has 1 heterocycles. The molecule has 0 bridgehead atoms. The van der Waals surface area contributed by atoms with E-state index in [1.165, 1.54) is 16.8 Å². The number of nitrogens with zero attached hydrogens (tertiary/aromatic N) is 2. The molecule has 0 aliphatic rings. The van der Waals surface area contributed by atoms with Crippen molar-refractivity contribution in [3.05, 3.63) is 59.0 Å². The smallest absolute Gasteiger partial charge is 0.362 e. The Morgan fingerprint density at radius 2 is 1.67 bits per heavy atom. The molecule has 0 fully saturated rings. The van der Waals surface area contributed by atoms with Crippen LogP contribution < -0.4 is 10.4 Å². The van der Waals surface area contributed by atoms with Gasteiger partial charge in [0.05, 0.1) is 17.7 Å². The van der Waals surface area contributed by atoms with E-state index >= 15 is 0 Å². The van der Waals surface area contributed by atoms with Crippen LogP contribution in [0.5, 0.6) is 5.75 Å². The van der Waals surface area contributed by atoms with Gasteiger partial charge in [-0.05, 0) is 48.5 Å². The highest BCUT2D eigenvalue weighted by atomic mass is 32.2. The summed E-state index contributed by atoms with van der Waals surface area (Å²) in [4.78, 5) is 15.9. The molecule has 0 spiro atoms. The van der Waals surface area contributed by atoms with Gasteiger partial charge >= 0.3 is 5.69 Å². The molecule has 1 aromatic heterocycles. The molecule has 0 saturated heterocycles. The second-order valence-electron chi connectivity index (χ2n) is 5.18. The van der Waals surface area contributed by atoms with Gasteiger partial charge in [-0.15, -0.1) is 0 Å². The van der Waals surface area contributed by atoms with Crippen molar-refractivity contribution in [3.63, 3.8) is 0 Å². The number of rotatable bonds is 4. The third kappa shape index (κ3) is 3.09. The zero-order valence-corrected chi connectivity index (χ0v) is 13.9. The van der Waals surface area contributed by atoms with Crippen molar-refractivity contribution in [2.45, 2.75) is 4.90 Å². The lowest BCUT2D eigenvalue weighted by Gasteiger charge is -2.08. The summed E-state index contributed by atoms with van der Waals surface area (Å²) in [6.07, 6.45) is 1.14. The van der Waals surface area contributed by atoms with Crippen molar-refractivity contribution in [3.8, 4) is 22.8 Å². The Bertz CT molecular complexity index is 1020. The maximum Gasteiger partial charge on any atom is 0.362 e. The monoisotopic (exact) mass is 345 g/mol. The highest BCUT2D eigenvalue weighted by Gasteiger charge is 2.12. The van der Waals surface area contributed by atoms with E-state index in [4.69, 9.17) is 4.74 Å². The van der Waals surface area contributed by atoms with Crippen LogP contribution in [0.4, 0.5) is 0 Å². The highest BCUT2D eigenvalue weighted by molar-refractivity contribution is 7.90. The molecule has 1 N–H and O–H groups in total. The number of nitrogens with one attached hydrogen (secondary N) is 1. The number of hydrogen-bond acceptors (Lipinski definition) is 5. The van der Waals surface area contributed by atoms with Gasteiger partial charge < -0.3 is 4.74 Å². The number of sulfone groups is 1. The van der Waals surface area contributed by atoms with Crippen LogP contribution in [0, 0.1) is 0 Å². The van der Waals surface area contributed by atoms with E-state index in [1.54, 1.807) is 43.5 Å². The van der Waals surface area contributed by atoms with Crippen LogP contribution >= 0.6 is 0 Å². The standard InChI is InChI=1S/C16H15N3O4S/c1-23-13-7-3-11(4-8-13)15-17-16(20)18-19(15)12-5-9-14(10-6-12)24(2,21)22/h3-10H,1-2H3,(H,18,20). The van der Waals surface area contributed by atoms with Crippen LogP contribution in [0.1, 0.15) is 0 Å². The molecule has 0 aliphatic heterocycles. The van der Waals surface area contributed by atoms with Crippen molar-refractivity contribution in [2.75, 3.05) is 13.4 Å². The van der Waals surface area contributed by atoms with Crippen molar-refractivity contribution in [2.24, 2.45) is 0 Å². The number of benzene rings is 2. The minimum atomic E-state index is -3.28. The van der Waals surface area contributed by atoms with E-state index in [0.717, 1.165) is 11.8 Å². The maximum absolute atomic E-state index is 11.7. The first-order valence-electron chi connectivity index (χ1n) is 7.02. The van der Waals surface area contributed by atoms with E-state index < -0.39 is 15.5 Å².